The van der Waals surface area contributed by atoms with Gasteiger partial charge in [-0.25, -0.2) is 4.79 Å². The van der Waals surface area contributed by atoms with E-state index in [0.717, 1.165) is 11.7 Å². The third-order valence-corrected chi connectivity index (χ3v) is 4.69. The van der Waals surface area contributed by atoms with Gasteiger partial charge in [0.15, 0.2) is 0 Å². The predicted molar refractivity (Wildman–Crippen MR) is 97.1 cm³/mol. The van der Waals surface area contributed by atoms with Gasteiger partial charge in [0.05, 0.1) is 13.7 Å². The summed E-state index contributed by atoms with van der Waals surface area (Å²) in [5.41, 5.74) is 2.57. The predicted octanol–water partition coefficient (Wildman–Crippen LogP) is 2.06. The number of esters is 1. The first-order valence-corrected chi connectivity index (χ1v) is 9.69. The fourth-order valence-corrected chi connectivity index (χ4v) is 3.04. The van der Waals surface area contributed by atoms with Crippen molar-refractivity contribution >= 4 is 23.6 Å². The normalized spacial score (nSPS) is 14.9. The largest absolute Gasteiger partial charge is 0.467 e. The standard InChI is InChI=1S/C18H26N2O3S/c1-23-18(22)16(8-9-24-2)20-17(21)12-19-11-13-4-3-5-15(10-13)14-6-7-14/h3-5,10,14,16,19H,6-9,11-12H2,1-2H3,(H,20,21). The summed E-state index contributed by atoms with van der Waals surface area (Å²) in [4.78, 5) is 23.7. The molecular formula is C18H26N2O3S. The average molecular weight is 350 g/mol. The number of thioether (sulfide) groups is 1. The molecule has 1 saturated carbocycles. The molecule has 1 unspecified atom stereocenters. The van der Waals surface area contributed by atoms with Crippen molar-refractivity contribution in [1.82, 2.24) is 10.6 Å². The number of methoxy groups -OCH3 is 1. The van der Waals surface area contributed by atoms with E-state index < -0.39 is 12.0 Å². The van der Waals surface area contributed by atoms with Gasteiger partial charge in [-0.2, -0.15) is 11.8 Å². The molecule has 1 aromatic rings. The zero-order valence-electron chi connectivity index (χ0n) is 14.3. The highest BCUT2D eigenvalue weighted by Gasteiger charge is 2.23. The van der Waals surface area contributed by atoms with Crippen molar-refractivity contribution < 1.29 is 14.3 Å². The first-order chi connectivity index (χ1) is 11.6. The molecule has 0 radical (unpaired) electrons. The number of hydrogen-bond acceptors (Lipinski definition) is 5. The molecule has 0 aliphatic heterocycles. The van der Waals surface area contributed by atoms with Crippen molar-refractivity contribution in [3.05, 3.63) is 35.4 Å². The quantitative estimate of drug-likeness (QED) is 0.632. The Kier molecular flexibility index (Phi) is 7.59. The van der Waals surface area contributed by atoms with Crippen molar-refractivity contribution in [2.75, 3.05) is 25.7 Å². The minimum atomic E-state index is -0.574. The van der Waals surface area contributed by atoms with Crippen LogP contribution in [0.4, 0.5) is 0 Å². The Morgan fingerprint density at radius 2 is 2.17 bits per heavy atom. The molecule has 2 N–H and O–H groups in total. The van der Waals surface area contributed by atoms with Crippen molar-refractivity contribution in [2.24, 2.45) is 0 Å². The van der Waals surface area contributed by atoms with E-state index in [0.29, 0.717) is 13.0 Å². The Morgan fingerprint density at radius 1 is 1.38 bits per heavy atom. The van der Waals surface area contributed by atoms with Gasteiger partial charge < -0.3 is 15.4 Å². The summed E-state index contributed by atoms with van der Waals surface area (Å²) in [5.74, 6) is 0.937. The number of carbonyl (C=O) groups is 2. The van der Waals surface area contributed by atoms with Crippen LogP contribution >= 0.6 is 11.8 Å². The molecule has 1 amide bonds. The third-order valence-electron chi connectivity index (χ3n) is 4.05. The second-order valence-corrected chi connectivity index (χ2v) is 7.03. The van der Waals surface area contributed by atoms with Crippen LogP contribution in [-0.4, -0.2) is 43.6 Å². The van der Waals surface area contributed by atoms with E-state index in [1.165, 1.54) is 31.1 Å². The second kappa shape index (κ2) is 9.69. The van der Waals surface area contributed by atoms with Gasteiger partial charge in [-0.3, -0.25) is 4.79 Å². The molecule has 132 valence electrons. The first-order valence-electron chi connectivity index (χ1n) is 8.29. The molecule has 0 bridgehead atoms. The molecule has 1 aliphatic rings. The summed E-state index contributed by atoms with van der Waals surface area (Å²) in [6.45, 7) is 0.822. The lowest BCUT2D eigenvalue weighted by molar-refractivity contribution is -0.145. The summed E-state index contributed by atoms with van der Waals surface area (Å²) in [7, 11) is 1.34. The van der Waals surface area contributed by atoms with Crippen LogP contribution in [0.3, 0.4) is 0 Å². The van der Waals surface area contributed by atoms with E-state index in [4.69, 9.17) is 4.74 Å². The number of rotatable bonds is 10. The number of nitrogens with one attached hydrogen (secondary N) is 2. The maximum atomic E-state index is 12.0. The van der Waals surface area contributed by atoms with E-state index in [1.807, 2.05) is 6.26 Å². The van der Waals surface area contributed by atoms with Crippen LogP contribution in [-0.2, 0) is 20.9 Å². The van der Waals surface area contributed by atoms with Crippen LogP contribution in [0.1, 0.15) is 36.3 Å². The number of carbonyl (C=O) groups excluding carboxylic acids is 2. The lowest BCUT2D eigenvalue weighted by Gasteiger charge is -2.16. The SMILES string of the molecule is COC(=O)C(CCSC)NC(=O)CNCc1cccc(C2CC2)c1. The van der Waals surface area contributed by atoms with E-state index in [9.17, 15) is 9.59 Å². The van der Waals surface area contributed by atoms with Crippen molar-refractivity contribution in [3.8, 4) is 0 Å². The maximum absolute atomic E-state index is 12.0. The number of benzene rings is 1. The van der Waals surface area contributed by atoms with Gasteiger partial charge in [0, 0.05) is 6.54 Å². The van der Waals surface area contributed by atoms with Gasteiger partial charge in [-0.15, -0.1) is 0 Å². The van der Waals surface area contributed by atoms with E-state index in [2.05, 4.69) is 34.9 Å². The Hall–Kier alpha value is -1.53. The highest BCUT2D eigenvalue weighted by atomic mass is 32.2. The summed E-state index contributed by atoms with van der Waals surface area (Å²) >= 11 is 1.63. The summed E-state index contributed by atoms with van der Waals surface area (Å²) in [6.07, 6.45) is 5.10. The monoisotopic (exact) mass is 350 g/mol. The smallest absolute Gasteiger partial charge is 0.328 e. The van der Waals surface area contributed by atoms with Crippen LogP contribution in [0, 0.1) is 0 Å². The van der Waals surface area contributed by atoms with Crippen molar-refractivity contribution in [1.29, 1.82) is 0 Å². The minimum Gasteiger partial charge on any atom is -0.467 e. The molecule has 2 rings (SSSR count). The summed E-state index contributed by atoms with van der Waals surface area (Å²) < 4.78 is 4.74. The van der Waals surface area contributed by atoms with Gasteiger partial charge in [0.1, 0.15) is 6.04 Å². The third kappa shape index (κ3) is 6.17. The summed E-state index contributed by atoms with van der Waals surface area (Å²) in [6, 6.07) is 7.93. The van der Waals surface area contributed by atoms with E-state index in [1.54, 1.807) is 11.8 Å². The average Bonchev–Trinajstić information content (AvgIpc) is 3.43. The second-order valence-electron chi connectivity index (χ2n) is 6.05. The van der Waals surface area contributed by atoms with Gasteiger partial charge >= 0.3 is 5.97 Å². The van der Waals surface area contributed by atoms with Crippen molar-refractivity contribution in [3.63, 3.8) is 0 Å². The molecule has 1 atom stereocenters. The van der Waals surface area contributed by atoms with Crippen LogP contribution in [0.15, 0.2) is 24.3 Å². The Bertz CT molecular complexity index is 561. The molecule has 1 fully saturated rings. The van der Waals surface area contributed by atoms with Crippen LogP contribution in [0.5, 0.6) is 0 Å². The molecule has 5 nitrogen and oxygen atoms in total. The lowest BCUT2D eigenvalue weighted by Crippen LogP contribution is -2.45. The lowest BCUT2D eigenvalue weighted by atomic mass is 10.1. The Labute approximate surface area is 147 Å². The van der Waals surface area contributed by atoms with Crippen LogP contribution in [0.2, 0.25) is 0 Å². The molecule has 0 aromatic heterocycles. The van der Waals surface area contributed by atoms with E-state index in [-0.39, 0.29) is 12.5 Å². The first kappa shape index (κ1) is 18.8. The topological polar surface area (TPSA) is 67.4 Å². The Morgan fingerprint density at radius 3 is 2.83 bits per heavy atom. The summed E-state index contributed by atoms with van der Waals surface area (Å²) in [5, 5.41) is 5.88. The molecular weight excluding hydrogens is 324 g/mol. The fraction of sp³-hybridized carbons (Fsp3) is 0.556. The zero-order chi connectivity index (χ0) is 17.4. The van der Waals surface area contributed by atoms with Gasteiger partial charge in [-0.1, -0.05) is 24.3 Å². The number of ether oxygens (including phenoxy) is 1. The van der Waals surface area contributed by atoms with Gasteiger partial charge in [0.25, 0.3) is 0 Å². The molecule has 0 saturated heterocycles. The number of hydrogen-bond donors (Lipinski definition) is 2. The molecule has 0 heterocycles. The van der Waals surface area contributed by atoms with E-state index >= 15 is 0 Å². The molecule has 24 heavy (non-hydrogen) atoms. The molecule has 1 aliphatic carbocycles. The fourth-order valence-electron chi connectivity index (χ4n) is 2.57. The molecule has 1 aromatic carbocycles. The maximum Gasteiger partial charge on any atom is 0.328 e. The van der Waals surface area contributed by atoms with Crippen LogP contribution < -0.4 is 10.6 Å². The molecule has 6 heteroatoms. The minimum absolute atomic E-state index is 0.181. The van der Waals surface area contributed by atoms with Crippen LogP contribution in [0.25, 0.3) is 0 Å². The van der Waals surface area contributed by atoms with Crippen molar-refractivity contribution in [2.45, 2.75) is 37.8 Å². The highest BCUT2D eigenvalue weighted by molar-refractivity contribution is 7.98. The number of amides is 1. The highest BCUT2D eigenvalue weighted by Crippen LogP contribution is 2.40. The van der Waals surface area contributed by atoms with Gasteiger partial charge in [0.2, 0.25) is 5.91 Å². The zero-order valence-corrected chi connectivity index (χ0v) is 15.2. The molecule has 0 spiro atoms. The van der Waals surface area contributed by atoms with Gasteiger partial charge in [-0.05, 0) is 48.3 Å². The Balaban J connectivity index is 1.75.